The molecule has 2 saturated carbocycles. The molecule has 0 radical (unpaired) electrons. The molecule has 1 spiro atoms. The zero-order chi connectivity index (χ0) is 10.1. The van der Waals surface area contributed by atoms with Crippen LogP contribution in [-0.2, 0) is 0 Å². The third-order valence-electron chi connectivity index (χ3n) is 4.73. The Morgan fingerprint density at radius 2 is 1.53 bits per heavy atom. The first-order valence-electron chi connectivity index (χ1n) is 6.43. The fourth-order valence-corrected chi connectivity index (χ4v) is 3.47. The van der Waals surface area contributed by atoms with Crippen molar-refractivity contribution in [3.05, 3.63) is 35.9 Å². The minimum atomic E-state index is 0.811. The van der Waals surface area contributed by atoms with Crippen LogP contribution in [0.4, 0.5) is 0 Å². The summed E-state index contributed by atoms with van der Waals surface area (Å²) in [7, 11) is 0. The van der Waals surface area contributed by atoms with Crippen LogP contribution in [0.15, 0.2) is 30.3 Å². The summed E-state index contributed by atoms with van der Waals surface area (Å²) in [5, 5.41) is 0. The largest absolute Gasteiger partial charge is 0.0622 e. The van der Waals surface area contributed by atoms with Crippen molar-refractivity contribution >= 4 is 0 Å². The maximum atomic E-state index is 2.31. The number of hydrogen-bond acceptors (Lipinski definition) is 0. The van der Waals surface area contributed by atoms with Crippen molar-refractivity contribution in [2.45, 2.75) is 50.9 Å². The minimum Gasteiger partial charge on any atom is -0.0622 e. The Hall–Kier alpha value is -0.780. The van der Waals surface area contributed by atoms with Gasteiger partial charge in [0.05, 0.1) is 0 Å². The van der Waals surface area contributed by atoms with Gasteiger partial charge >= 0.3 is 0 Å². The first-order chi connectivity index (χ1) is 7.38. The van der Waals surface area contributed by atoms with E-state index >= 15 is 0 Å². The molecule has 1 aromatic carbocycles. The molecule has 15 heavy (non-hydrogen) atoms. The van der Waals surface area contributed by atoms with Crippen LogP contribution in [-0.4, -0.2) is 0 Å². The first-order valence-corrected chi connectivity index (χ1v) is 6.43. The van der Waals surface area contributed by atoms with E-state index in [-0.39, 0.29) is 0 Å². The van der Waals surface area contributed by atoms with Gasteiger partial charge in [-0.25, -0.2) is 0 Å². The van der Waals surface area contributed by atoms with E-state index < -0.39 is 0 Å². The predicted molar refractivity (Wildman–Crippen MR) is 63.9 cm³/mol. The highest BCUT2D eigenvalue weighted by atomic mass is 14.4. The van der Waals surface area contributed by atoms with Gasteiger partial charge < -0.3 is 0 Å². The molecule has 0 amide bonds. The maximum Gasteiger partial charge on any atom is -0.0162 e. The number of rotatable bonds is 1. The Balaban J connectivity index is 1.67. The van der Waals surface area contributed by atoms with Crippen molar-refractivity contribution in [1.82, 2.24) is 0 Å². The molecule has 2 aliphatic rings. The molecule has 0 heteroatoms. The third kappa shape index (κ3) is 1.71. The molecule has 0 heterocycles. The molecule has 1 aromatic rings. The molecule has 0 atom stereocenters. The molecular weight excluding hydrogens is 180 g/mol. The van der Waals surface area contributed by atoms with Crippen molar-refractivity contribution < 1.29 is 0 Å². The van der Waals surface area contributed by atoms with Gasteiger partial charge in [0.25, 0.3) is 0 Å². The third-order valence-corrected chi connectivity index (χ3v) is 4.73. The highest BCUT2D eigenvalue weighted by molar-refractivity contribution is 5.20. The zero-order valence-electron chi connectivity index (χ0n) is 9.41. The van der Waals surface area contributed by atoms with E-state index in [1.165, 1.54) is 44.9 Å². The Morgan fingerprint density at radius 1 is 0.867 bits per heavy atom. The number of benzene rings is 1. The Labute approximate surface area is 92.7 Å². The molecule has 0 unspecified atom stereocenters. The van der Waals surface area contributed by atoms with Crippen LogP contribution < -0.4 is 0 Å². The van der Waals surface area contributed by atoms with E-state index in [1.807, 2.05) is 0 Å². The van der Waals surface area contributed by atoms with Gasteiger partial charge in [0, 0.05) is 0 Å². The Morgan fingerprint density at radius 3 is 2.07 bits per heavy atom. The SMILES string of the molecule is c1ccc(C2CCC3(CCC3)CC2)cc1. The van der Waals surface area contributed by atoms with Crippen molar-refractivity contribution in [3.8, 4) is 0 Å². The van der Waals surface area contributed by atoms with Gasteiger partial charge in [0.2, 0.25) is 0 Å². The van der Waals surface area contributed by atoms with Crippen LogP contribution in [0.2, 0.25) is 0 Å². The van der Waals surface area contributed by atoms with Crippen LogP contribution in [0.25, 0.3) is 0 Å². The second-order valence-electron chi connectivity index (χ2n) is 5.54. The summed E-state index contributed by atoms with van der Waals surface area (Å²) in [6, 6.07) is 11.1. The summed E-state index contributed by atoms with van der Waals surface area (Å²) in [6.07, 6.45) is 10.4. The highest BCUT2D eigenvalue weighted by Gasteiger charge is 2.39. The lowest BCUT2D eigenvalue weighted by atomic mass is 9.58. The van der Waals surface area contributed by atoms with Gasteiger partial charge in [-0.1, -0.05) is 36.8 Å². The topological polar surface area (TPSA) is 0 Å². The fourth-order valence-electron chi connectivity index (χ4n) is 3.47. The normalized spacial score (nSPS) is 25.1. The summed E-state index contributed by atoms with van der Waals surface area (Å²) in [4.78, 5) is 0. The van der Waals surface area contributed by atoms with Crippen LogP contribution in [0.1, 0.15) is 56.4 Å². The van der Waals surface area contributed by atoms with Gasteiger partial charge in [-0.15, -0.1) is 0 Å². The smallest absolute Gasteiger partial charge is 0.0162 e. The van der Waals surface area contributed by atoms with Crippen LogP contribution in [0, 0.1) is 5.41 Å². The van der Waals surface area contributed by atoms with Gasteiger partial charge in [0.15, 0.2) is 0 Å². The van der Waals surface area contributed by atoms with E-state index in [9.17, 15) is 0 Å². The highest BCUT2D eigenvalue weighted by Crippen LogP contribution is 2.54. The van der Waals surface area contributed by atoms with E-state index in [1.54, 1.807) is 5.56 Å². The zero-order valence-corrected chi connectivity index (χ0v) is 9.41. The van der Waals surface area contributed by atoms with Crippen molar-refractivity contribution in [2.24, 2.45) is 5.41 Å². The van der Waals surface area contributed by atoms with Gasteiger partial charge in [-0.3, -0.25) is 0 Å². The second kappa shape index (κ2) is 3.66. The number of hydrogen-bond donors (Lipinski definition) is 0. The van der Waals surface area contributed by atoms with Gasteiger partial charge in [0.1, 0.15) is 0 Å². The lowest BCUT2D eigenvalue weighted by Crippen LogP contribution is -2.33. The van der Waals surface area contributed by atoms with Crippen molar-refractivity contribution in [3.63, 3.8) is 0 Å². The lowest BCUT2D eigenvalue weighted by Gasteiger charge is -2.47. The molecule has 0 bridgehead atoms. The van der Waals surface area contributed by atoms with E-state index in [0.29, 0.717) is 0 Å². The average Bonchev–Trinajstić information content (AvgIpc) is 2.28. The van der Waals surface area contributed by atoms with Crippen LogP contribution >= 0.6 is 0 Å². The molecule has 2 aliphatic carbocycles. The summed E-state index contributed by atoms with van der Waals surface area (Å²) < 4.78 is 0. The van der Waals surface area contributed by atoms with E-state index in [2.05, 4.69) is 30.3 Å². The quantitative estimate of drug-likeness (QED) is 0.625. The second-order valence-corrected chi connectivity index (χ2v) is 5.54. The maximum absolute atomic E-state index is 2.31. The van der Waals surface area contributed by atoms with Crippen molar-refractivity contribution in [2.75, 3.05) is 0 Å². The molecule has 0 aliphatic heterocycles. The molecule has 3 rings (SSSR count). The van der Waals surface area contributed by atoms with Crippen molar-refractivity contribution in [1.29, 1.82) is 0 Å². The van der Waals surface area contributed by atoms with E-state index in [0.717, 1.165) is 11.3 Å². The average molecular weight is 200 g/mol. The molecular formula is C15H20. The van der Waals surface area contributed by atoms with E-state index in [4.69, 9.17) is 0 Å². The molecule has 2 fully saturated rings. The Bertz CT molecular complexity index is 311. The summed E-state index contributed by atoms with van der Waals surface area (Å²) in [6.45, 7) is 0. The molecule has 80 valence electrons. The monoisotopic (exact) mass is 200 g/mol. The lowest BCUT2D eigenvalue weighted by molar-refractivity contribution is 0.0693. The first kappa shape index (κ1) is 9.45. The van der Waals surface area contributed by atoms with Crippen LogP contribution in [0.3, 0.4) is 0 Å². The molecule has 0 aromatic heterocycles. The summed E-state index contributed by atoms with van der Waals surface area (Å²) in [5.41, 5.74) is 2.39. The molecule has 0 N–H and O–H groups in total. The summed E-state index contributed by atoms with van der Waals surface area (Å²) in [5.74, 6) is 0.859. The molecule has 0 nitrogen and oxygen atoms in total. The standard InChI is InChI=1S/C15H20/c1-2-5-13(6-3-1)14-7-11-15(12-8-14)9-4-10-15/h1-3,5-6,14H,4,7-12H2. The van der Waals surface area contributed by atoms with Crippen LogP contribution in [0.5, 0.6) is 0 Å². The van der Waals surface area contributed by atoms with Gasteiger partial charge in [-0.2, -0.15) is 0 Å². The van der Waals surface area contributed by atoms with Gasteiger partial charge in [-0.05, 0) is 55.4 Å². The minimum absolute atomic E-state index is 0.811. The fraction of sp³-hybridized carbons (Fsp3) is 0.600. The summed E-state index contributed by atoms with van der Waals surface area (Å²) >= 11 is 0. The molecule has 0 saturated heterocycles. The Kier molecular flexibility index (Phi) is 2.31. The predicted octanol–water partition coefficient (Wildman–Crippen LogP) is 4.51.